The molecule has 0 spiro atoms. The zero-order valence-electron chi connectivity index (χ0n) is 7.67. The van der Waals surface area contributed by atoms with Crippen molar-refractivity contribution in [1.82, 2.24) is 0 Å². The van der Waals surface area contributed by atoms with Crippen molar-refractivity contribution < 1.29 is 0 Å². The molecule has 0 amide bonds. The molecule has 0 aromatic heterocycles. The van der Waals surface area contributed by atoms with E-state index in [-0.39, 0.29) is 0 Å². The zero-order chi connectivity index (χ0) is 9.10. The lowest BCUT2D eigenvalue weighted by atomic mass is 9.84. The van der Waals surface area contributed by atoms with Gasteiger partial charge < -0.3 is 0 Å². The molecule has 1 aliphatic rings. The predicted octanol–water partition coefficient (Wildman–Crippen LogP) is 4.20. The van der Waals surface area contributed by atoms with Gasteiger partial charge in [-0.25, -0.2) is 0 Å². The number of rotatable bonds is 1. The Hall–Kier alpha value is -0.490. The van der Waals surface area contributed by atoms with Crippen LogP contribution in [0.15, 0.2) is 24.3 Å². The predicted molar refractivity (Wildman–Crippen MR) is 57.0 cm³/mol. The Balaban J connectivity index is 2.18. The van der Waals surface area contributed by atoms with Gasteiger partial charge in [0.15, 0.2) is 0 Å². The summed E-state index contributed by atoms with van der Waals surface area (Å²) >= 11 is 6.14. The molecule has 0 bridgehead atoms. The summed E-state index contributed by atoms with van der Waals surface area (Å²) < 4.78 is 0. The third kappa shape index (κ3) is 2.05. The summed E-state index contributed by atoms with van der Waals surface area (Å²) in [6.45, 7) is 0. The first-order valence-electron chi connectivity index (χ1n) is 4.95. The van der Waals surface area contributed by atoms with Gasteiger partial charge >= 0.3 is 0 Å². The maximum absolute atomic E-state index is 6.14. The van der Waals surface area contributed by atoms with Gasteiger partial charge in [-0.1, -0.05) is 42.6 Å². The molecule has 0 N–H and O–H groups in total. The van der Waals surface area contributed by atoms with Crippen molar-refractivity contribution in [3.63, 3.8) is 0 Å². The molecule has 1 aromatic carbocycles. The highest BCUT2D eigenvalue weighted by molar-refractivity contribution is 6.31. The molecule has 13 heavy (non-hydrogen) atoms. The molecule has 1 aromatic rings. The lowest BCUT2D eigenvalue weighted by Crippen LogP contribution is -2.05. The second kappa shape index (κ2) is 4.15. The molecule has 0 nitrogen and oxygen atoms in total. The van der Waals surface area contributed by atoms with E-state index in [9.17, 15) is 0 Å². The van der Waals surface area contributed by atoms with E-state index in [2.05, 4.69) is 18.6 Å². The third-order valence-corrected chi connectivity index (χ3v) is 3.07. The van der Waals surface area contributed by atoms with Crippen LogP contribution in [0.2, 0.25) is 5.02 Å². The fourth-order valence-electron chi connectivity index (χ4n) is 2.00. The van der Waals surface area contributed by atoms with Crippen LogP contribution in [0.3, 0.4) is 0 Å². The van der Waals surface area contributed by atoms with Crippen LogP contribution in [-0.4, -0.2) is 0 Å². The molecular formula is C12H14Cl. The minimum Gasteiger partial charge on any atom is -0.0840 e. The van der Waals surface area contributed by atoms with E-state index in [0.717, 1.165) is 5.02 Å². The summed E-state index contributed by atoms with van der Waals surface area (Å²) in [7, 11) is 0. The summed E-state index contributed by atoms with van der Waals surface area (Å²) in [6, 6.07) is 8.20. The van der Waals surface area contributed by atoms with Crippen molar-refractivity contribution in [1.29, 1.82) is 0 Å². The van der Waals surface area contributed by atoms with E-state index in [1.54, 1.807) is 0 Å². The van der Waals surface area contributed by atoms with Crippen LogP contribution >= 0.6 is 11.6 Å². The Morgan fingerprint density at radius 3 is 2.69 bits per heavy atom. The van der Waals surface area contributed by atoms with Crippen LogP contribution in [0, 0.1) is 6.42 Å². The molecule has 69 valence electrons. The molecule has 1 saturated carbocycles. The maximum atomic E-state index is 6.14. The van der Waals surface area contributed by atoms with E-state index in [4.69, 9.17) is 11.6 Å². The van der Waals surface area contributed by atoms with Gasteiger partial charge in [-0.15, -0.1) is 0 Å². The van der Waals surface area contributed by atoms with E-state index in [0.29, 0.717) is 5.92 Å². The monoisotopic (exact) mass is 193 g/mol. The van der Waals surface area contributed by atoms with Crippen molar-refractivity contribution in [3.05, 3.63) is 41.3 Å². The number of hydrogen-bond acceptors (Lipinski definition) is 0. The minimum absolute atomic E-state index is 0.599. The Labute approximate surface area is 84.9 Å². The van der Waals surface area contributed by atoms with Crippen LogP contribution in [0.1, 0.15) is 37.2 Å². The van der Waals surface area contributed by atoms with Gasteiger partial charge in [0.1, 0.15) is 0 Å². The smallest absolute Gasteiger partial charge is 0.0440 e. The first-order chi connectivity index (χ1) is 6.38. The lowest BCUT2D eigenvalue weighted by Gasteiger charge is -2.22. The van der Waals surface area contributed by atoms with Gasteiger partial charge in [0, 0.05) is 5.02 Å². The van der Waals surface area contributed by atoms with Crippen LogP contribution in [0.5, 0.6) is 0 Å². The molecular weight excluding hydrogens is 180 g/mol. The van der Waals surface area contributed by atoms with Crippen LogP contribution in [0.25, 0.3) is 0 Å². The summed E-state index contributed by atoms with van der Waals surface area (Å²) in [5.74, 6) is 0.599. The molecule has 1 radical (unpaired) electrons. The molecule has 1 unspecified atom stereocenters. The highest BCUT2D eigenvalue weighted by Crippen LogP contribution is 2.35. The van der Waals surface area contributed by atoms with Gasteiger partial charge in [0.05, 0.1) is 0 Å². The highest BCUT2D eigenvalue weighted by atomic mass is 35.5. The van der Waals surface area contributed by atoms with Gasteiger partial charge in [0.2, 0.25) is 0 Å². The molecule has 0 aliphatic heterocycles. The number of halogens is 1. The average molecular weight is 194 g/mol. The van der Waals surface area contributed by atoms with Gasteiger partial charge in [-0.2, -0.15) is 0 Å². The zero-order valence-corrected chi connectivity index (χ0v) is 8.43. The quantitative estimate of drug-likeness (QED) is 0.627. The van der Waals surface area contributed by atoms with Crippen LogP contribution in [0.4, 0.5) is 0 Å². The first kappa shape index (κ1) is 9.08. The second-order valence-corrected chi connectivity index (χ2v) is 4.06. The second-order valence-electron chi connectivity index (χ2n) is 3.65. The average Bonchev–Trinajstić information content (AvgIpc) is 2.20. The first-order valence-corrected chi connectivity index (χ1v) is 5.33. The molecule has 1 atom stereocenters. The Morgan fingerprint density at radius 1 is 1.15 bits per heavy atom. The molecule has 0 heterocycles. The minimum atomic E-state index is 0.599. The van der Waals surface area contributed by atoms with Crippen molar-refractivity contribution in [3.8, 4) is 0 Å². The largest absolute Gasteiger partial charge is 0.0840 e. The molecule has 2 rings (SSSR count). The van der Waals surface area contributed by atoms with Gasteiger partial charge in [-0.05, 0) is 36.8 Å². The topological polar surface area (TPSA) is 0 Å². The van der Waals surface area contributed by atoms with Gasteiger partial charge in [0.25, 0.3) is 0 Å². The fraction of sp³-hybridized carbons (Fsp3) is 0.417. The molecule has 0 saturated heterocycles. The fourth-order valence-corrected chi connectivity index (χ4v) is 2.28. The van der Waals surface area contributed by atoms with E-state index in [1.165, 1.54) is 31.2 Å². The Bertz CT molecular complexity index is 274. The van der Waals surface area contributed by atoms with E-state index < -0.39 is 0 Å². The van der Waals surface area contributed by atoms with E-state index in [1.807, 2.05) is 12.1 Å². The SMILES string of the molecule is Clc1ccccc1C1[CH]CCCC1. The van der Waals surface area contributed by atoms with Crippen molar-refractivity contribution >= 4 is 11.6 Å². The molecule has 1 fully saturated rings. The standard InChI is InChI=1S/C12H14Cl/c13-12-9-5-4-8-11(12)10-6-2-1-3-7-10/h4-6,8-10H,1-3,7H2. The number of benzene rings is 1. The van der Waals surface area contributed by atoms with E-state index >= 15 is 0 Å². The maximum Gasteiger partial charge on any atom is 0.0440 e. The molecule has 1 heteroatoms. The third-order valence-electron chi connectivity index (χ3n) is 2.73. The van der Waals surface area contributed by atoms with Crippen LogP contribution in [-0.2, 0) is 0 Å². The van der Waals surface area contributed by atoms with Gasteiger partial charge in [-0.3, -0.25) is 0 Å². The van der Waals surface area contributed by atoms with Crippen molar-refractivity contribution in [2.45, 2.75) is 31.6 Å². The summed E-state index contributed by atoms with van der Waals surface area (Å²) in [5, 5.41) is 0.922. The lowest BCUT2D eigenvalue weighted by molar-refractivity contribution is 0.534. The summed E-state index contributed by atoms with van der Waals surface area (Å²) in [6.07, 6.45) is 7.61. The van der Waals surface area contributed by atoms with Crippen LogP contribution < -0.4 is 0 Å². The van der Waals surface area contributed by atoms with Crippen molar-refractivity contribution in [2.75, 3.05) is 0 Å². The van der Waals surface area contributed by atoms with Crippen molar-refractivity contribution in [2.24, 2.45) is 0 Å². The number of hydrogen-bond donors (Lipinski definition) is 0. The summed E-state index contributed by atoms with van der Waals surface area (Å²) in [5.41, 5.74) is 1.31. The summed E-state index contributed by atoms with van der Waals surface area (Å²) in [4.78, 5) is 0. The Kier molecular flexibility index (Phi) is 2.90. The molecule has 1 aliphatic carbocycles. The Morgan fingerprint density at radius 2 is 2.00 bits per heavy atom. The normalized spacial score (nSPS) is 18.8. The highest BCUT2D eigenvalue weighted by Gasteiger charge is 2.17.